The van der Waals surface area contributed by atoms with Crippen LogP contribution in [0.2, 0.25) is 0 Å². The zero-order chi connectivity index (χ0) is 34.3. The molecule has 0 bridgehead atoms. The second-order valence-electron chi connectivity index (χ2n) is 10.2. The summed E-state index contributed by atoms with van der Waals surface area (Å²) in [5, 5.41) is 0. The van der Waals surface area contributed by atoms with Gasteiger partial charge in [-0.15, -0.1) is 0 Å². The quantitative estimate of drug-likeness (QED) is 0.0920. The standard InChI is InChI=1S/C36H30F2O8/c1-19(2)33(39)43-26-13-14-27(31(17-26)45-35(41)21(5)6)24-11-9-23(28(37)15-24)10-12-25-16-29(38)32(46-36(42)22(7)8)18-30(25)44-34(40)20(3)4/h9-18H,1,3,5,7H2,2,4,6,8H3/b12-10+. The maximum atomic E-state index is 15.4. The summed E-state index contributed by atoms with van der Waals surface area (Å²) in [4.78, 5) is 48.5. The number of halogens is 2. The molecule has 3 aromatic carbocycles. The maximum Gasteiger partial charge on any atom is 0.338 e. The van der Waals surface area contributed by atoms with Crippen LogP contribution < -0.4 is 18.9 Å². The van der Waals surface area contributed by atoms with Crippen molar-refractivity contribution in [3.8, 4) is 34.1 Å². The first-order valence-electron chi connectivity index (χ1n) is 13.5. The largest absolute Gasteiger partial charge is 0.423 e. The highest BCUT2D eigenvalue weighted by Gasteiger charge is 2.19. The Morgan fingerprint density at radius 3 is 1.59 bits per heavy atom. The van der Waals surface area contributed by atoms with Gasteiger partial charge in [0.2, 0.25) is 0 Å². The van der Waals surface area contributed by atoms with E-state index in [1.807, 2.05) is 0 Å². The molecule has 0 saturated heterocycles. The molecule has 0 aliphatic rings. The molecule has 8 nitrogen and oxygen atoms in total. The highest BCUT2D eigenvalue weighted by atomic mass is 19.1. The molecule has 0 fully saturated rings. The summed E-state index contributed by atoms with van der Waals surface area (Å²) in [7, 11) is 0. The second kappa shape index (κ2) is 14.7. The van der Waals surface area contributed by atoms with Crippen molar-refractivity contribution in [2.75, 3.05) is 0 Å². The van der Waals surface area contributed by atoms with Crippen LogP contribution in [0.4, 0.5) is 8.78 Å². The Balaban J connectivity index is 2.01. The van der Waals surface area contributed by atoms with Gasteiger partial charge in [-0.3, -0.25) is 0 Å². The van der Waals surface area contributed by atoms with E-state index in [-0.39, 0.29) is 50.7 Å². The second-order valence-corrected chi connectivity index (χ2v) is 10.2. The fraction of sp³-hybridized carbons (Fsp3) is 0.111. The van der Waals surface area contributed by atoms with E-state index in [9.17, 15) is 23.6 Å². The van der Waals surface area contributed by atoms with Crippen molar-refractivity contribution in [1.29, 1.82) is 0 Å². The minimum absolute atomic E-state index is 0.0189. The monoisotopic (exact) mass is 628 g/mol. The van der Waals surface area contributed by atoms with Crippen LogP contribution in [0.15, 0.2) is 97.1 Å². The van der Waals surface area contributed by atoms with Gasteiger partial charge in [0.15, 0.2) is 11.6 Å². The van der Waals surface area contributed by atoms with Crippen molar-refractivity contribution in [3.05, 3.63) is 120 Å². The van der Waals surface area contributed by atoms with Crippen molar-refractivity contribution in [3.63, 3.8) is 0 Å². The van der Waals surface area contributed by atoms with E-state index >= 15 is 4.39 Å². The van der Waals surface area contributed by atoms with Crippen LogP contribution in [0.25, 0.3) is 23.3 Å². The number of hydrogen-bond donors (Lipinski definition) is 0. The molecule has 3 rings (SSSR count). The van der Waals surface area contributed by atoms with Crippen molar-refractivity contribution in [1.82, 2.24) is 0 Å². The molecule has 0 aliphatic heterocycles. The average molecular weight is 629 g/mol. The molecule has 0 spiro atoms. The Morgan fingerprint density at radius 2 is 1.04 bits per heavy atom. The van der Waals surface area contributed by atoms with Crippen molar-refractivity contribution in [2.24, 2.45) is 0 Å². The topological polar surface area (TPSA) is 105 Å². The van der Waals surface area contributed by atoms with Crippen LogP contribution in [-0.2, 0) is 19.2 Å². The third kappa shape index (κ3) is 8.82. The smallest absolute Gasteiger partial charge is 0.338 e. The summed E-state index contributed by atoms with van der Waals surface area (Å²) >= 11 is 0. The molecular weight excluding hydrogens is 598 g/mol. The van der Waals surface area contributed by atoms with Gasteiger partial charge >= 0.3 is 23.9 Å². The van der Waals surface area contributed by atoms with E-state index in [1.165, 1.54) is 70.2 Å². The highest BCUT2D eigenvalue weighted by molar-refractivity contribution is 5.92. The molecule has 236 valence electrons. The number of hydrogen-bond acceptors (Lipinski definition) is 8. The summed E-state index contributed by atoms with van der Waals surface area (Å²) < 4.78 is 51.2. The molecule has 0 aromatic heterocycles. The number of carbonyl (C=O) groups excluding carboxylic acids is 4. The fourth-order valence-corrected chi connectivity index (χ4v) is 3.50. The molecule has 0 unspecified atom stereocenters. The highest BCUT2D eigenvalue weighted by Crippen LogP contribution is 2.36. The first-order chi connectivity index (χ1) is 21.6. The van der Waals surface area contributed by atoms with E-state index in [0.717, 1.165) is 12.1 Å². The van der Waals surface area contributed by atoms with Crippen molar-refractivity contribution < 1.29 is 46.9 Å². The van der Waals surface area contributed by atoms with Crippen LogP contribution in [-0.4, -0.2) is 23.9 Å². The predicted molar refractivity (Wildman–Crippen MR) is 169 cm³/mol. The number of carbonyl (C=O) groups is 4. The molecular formula is C36H30F2O8. The molecule has 0 amide bonds. The van der Waals surface area contributed by atoms with Crippen molar-refractivity contribution >= 4 is 36.0 Å². The Kier molecular flexibility index (Phi) is 11.1. The van der Waals surface area contributed by atoms with E-state index in [0.29, 0.717) is 11.1 Å². The zero-order valence-electron chi connectivity index (χ0n) is 25.6. The molecule has 0 saturated carbocycles. The molecule has 0 aliphatic carbocycles. The van der Waals surface area contributed by atoms with E-state index in [2.05, 4.69) is 26.3 Å². The predicted octanol–water partition coefficient (Wildman–Crippen LogP) is 7.73. The van der Waals surface area contributed by atoms with Gasteiger partial charge in [-0.05, 0) is 57.5 Å². The van der Waals surface area contributed by atoms with Gasteiger partial charge in [0.05, 0.1) is 0 Å². The molecule has 0 atom stereocenters. The number of ether oxygens (including phenoxy) is 4. The zero-order valence-corrected chi connectivity index (χ0v) is 25.6. The third-order valence-corrected chi connectivity index (χ3v) is 5.98. The van der Waals surface area contributed by atoms with Crippen LogP contribution in [0, 0.1) is 11.6 Å². The lowest BCUT2D eigenvalue weighted by Gasteiger charge is -2.13. The first-order valence-corrected chi connectivity index (χ1v) is 13.5. The molecule has 46 heavy (non-hydrogen) atoms. The number of rotatable bonds is 11. The van der Waals surface area contributed by atoms with Crippen LogP contribution in [0.3, 0.4) is 0 Å². The van der Waals surface area contributed by atoms with Gasteiger partial charge < -0.3 is 18.9 Å². The van der Waals surface area contributed by atoms with Crippen molar-refractivity contribution in [2.45, 2.75) is 27.7 Å². The molecule has 10 heteroatoms. The van der Waals surface area contributed by atoms with Crippen LogP contribution in [0.1, 0.15) is 38.8 Å². The summed E-state index contributed by atoms with van der Waals surface area (Å²) in [5.74, 6) is -5.44. The average Bonchev–Trinajstić information content (AvgIpc) is 2.98. The Labute approximate surface area is 264 Å². The van der Waals surface area contributed by atoms with Gasteiger partial charge in [-0.2, -0.15) is 0 Å². The Morgan fingerprint density at radius 1 is 0.543 bits per heavy atom. The van der Waals surface area contributed by atoms with E-state index < -0.39 is 41.3 Å². The van der Waals surface area contributed by atoms with Gasteiger partial charge in [-0.1, -0.05) is 50.6 Å². The summed E-state index contributed by atoms with van der Waals surface area (Å²) in [5.41, 5.74) is 1.03. The van der Waals surface area contributed by atoms with Gasteiger partial charge in [-0.25, -0.2) is 28.0 Å². The lowest BCUT2D eigenvalue weighted by molar-refractivity contribution is -0.131. The first kappa shape index (κ1) is 34.6. The molecule has 0 N–H and O–H groups in total. The molecule has 0 heterocycles. The van der Waals surface area contributed by atoms with E-state index in [4.69, 9.17) is 18.9 Å². The fourth-order valence-electron chi connectivity index (χ4n) is 3.50. The lowest BCUT2D eigenvalue weighted by atomic mass is 10.0. The number of esters is 4. The Bertz CT molecular complexity index is 1850. The van der Waals surface area contributed by atoms with Crippen LogP contribution >= 0.6 is 0 Å². The summed E-state index contributed by atoms with van der Waals surface area (Å²) in [6, 6.07) is 10.3. The maximum absolute atomic E-state index is 15.4. The van der Waals surface area contributed by atoms with Crippen LogP contribution in [0.5, 0.6) is 23.0 Å². The Hall–Kier alpha value is -5.90. The van der Waals surface area contributed by atoms with Gasteiger partial charge in [0.25, 0.3) is 0 Å². The molecule has 3 aromatic rings. The summed E-state index contributed by atoms with van der Waals surface area (Å²) in [6.07, 6.45) is 2.62. The summed E-state index contributed by atoms with van der Waals surface area (Å²) in [6.45, 7) is 19.8. The molecule has 0 radical (unpaired) electrons. The number of benzene rings is 3. The lowest BCUT2D eigenvalue weighted by Crippen LogP contribution is -2.12. The van der Waals surface area contributed by atoms with Gasteiger partial charge in [0.1, 0.15) is 23.1 Å². The van der Waals surface area contributed by atoms with Gasteiger partial charge in [0, 0.05) is 51.1 Å². The van der Waals surface area contributed by atoms with E-state index in [1.54, 1.807) is 6.07 Å². The normalized spacial score (nSPS) is 10.6. The SMILES string of the molecule is C=C(C)C(=O)Oc1ccc(-c2ccc(/C=C/c3cc(F)c(OC(=O)C(=C)C)cc3OC(=O)C(=C)C)c(F)c2)c(OC(=O)C(=C)C)c1. The minimum Gasteiger partial charge on any atom is -0.423 e. The minimum atomic E-state index is -0.950. The third-order valence-electron chi connectivity index (χ3n) is 5.98.